The first kappa shape index (κ1) is 11.7. The van der Waals surface area contributed by atoms with Gasteiger partial charge in [-0.25, -0.2) is 0 Å². The van der Waals surface area contributed by atoms with E-state index in [0.717, 1.165) is 22.8 Å². The summed E-state index contributed by atoms with van der Waals surface area (Å²) in [7, 11) is 0. The molecule has 1 fully saturated rings. The Morgan fingerprint density at radius 3 is 2.83 bits per heavy atom. The van der Waals surface area contributed by atoms with Crippen LogP contribution in [0.4, 0.5) is 0 Å². The zero-order valence-corrected chi connectivity index (χ0v) is 10.8. The number of aromatic amines is 1. The van der Waals surface area contributed by atoms with Gasteiger partial charge in [0.05, 0.1) is 11.2 Å². The number of aromatic nitrogens is 3. The van der Waals surface area contributed by atoms with E-state index in [4.69, 9.17) is 11.6 Å². The molecule has 0 unspecified atom stereocenters. The molecule has 0 saturated carbocycles. The summed E-state index contributed by atoms with van der Waals surface area (Å²) in [6.45, 7) is 3.26. The smallest absolute Gasteiger partial charge is 0.114 e. The van der Waals surface area contributed by atoms with Crippen LogP contribution in [-0.4, -0.2) is 33.4 Å². The van der Waals surface area contributed by atoms with Gasteiger partial charge in [-0.05, 0) is 31.5 Å². The molecule has 1 N–H and O–H groups in total. The number of benzene rings is 1. The maximum Gasteiger partial charge on any atom is 0.114 e. The second-order valence-electron chi connectivity index (χ2n) is 4.62. The Hall–Kier alpha value is -1.39. The van der Waals surface area contributed by atoms with E-state index < -0.39 is 0 Å². The molecule has 0 aliphatic carbocycles. The Balaban J connectivity index is 1.89. The zero-order chi connectivity index (χ0) is 12.4. The lowest BCUT2D eigenvalue weighted by molar-refractivity contribution is 0.331. The minimum atomic E-state index is 0.790. The molecule has 3 rings (SSSR count). The first-order chi connectivity index (χ1) is 8.84. The highest BCUT2D eigenvalue weighted by atomic mass is 35.5. The van der Waals surface area contributed by atoms with Gasteiger partial charge in [0.25, 0.3) is 0 Å². The van der Waals surface area contributed by atoms with Crippen LogP contribution < -0.4 is 0 Å². The van der Waals surface area contributed by atoms with Crippen LogP contribution in [0.25, 0.3) is 11.3 Å². The molecule has 4 nitrogen and oxygen atoms in total. The van der Waals surface area contributed by atoms with E-state index in [0.29, 0.717) is 0 Å². The molecule has 1 aromatic carbocycles. The third-order valence-corrected chi connectivity index (χ3v) is 3.81. The van der Waals surface area contributed by atoms with Gasteiger partial charge in [-0.3, -0.25) is 4.90 Å². The molecule has 1 aliphatic heterocycles. The van der Waals surface area contributed by atoms with Gasteiger partial charge in [0.15, 0.2) is 0 Å². The number of hydrogen-bond acceptors (Lipinski definition) is 3. The van der Waals surface area contributed by atoms with Gasteiger partial charge in [0, 0.05) is 12.1 Å². The number of H-pyrrole nitrogens is 1. The maximum absolute atomic E-state index is 6.47. The third kappa shape index (κ3) is 2.26. The van der Waals surface area contributed by atoms with Crippen molar-refractivity contribution in [1.82, 2.24) is 20.3 Å². The molecule has 1 aromatic heterocycles. The fourth-order valence-electron chi connectivity index (χ4n) is 2.41. The molecular formula is C13H15ClN4. The van der Waals surface area contributed by atoms with Gasteiger partial charge in [-0.2, -0.15) is 15.4 Å². The van der Waals surface area contributed by atoms with Crippen molar-refractivity contribution in [2.45, 2.75) is 19.4 Å². The van der Waals surface area contributed by atoms with Gasteiger partial charge in [-0.1, -0.05) is 29.8 Å². The van der Waals surface area contributed by atoms with Crippen molar-refractivity contribution >= 4 is 11.6 Å². The number of rotatable bonds is 3. The first-order valence-electron chi connectivity index (χ1n) is 6.20. The minimum absolute atomic E-state index is 0.790. The predicted molar refractivity (Wildman–Crippen MR) is 71.3 cm³/mol. The lowest BCUT2D eigenvalue weighted by Crippen LogP contribution is -2.18. The van der Waals surface area contributed by atoms with Crippen LogP contribution in [0.15, 0.2) is 24.4 Å². The molecule has 5 heteroatoms. The Labute approximate surface area is 111 Å². The van der Waals surface area contributed by atoms with Crippen molar-refractivity contribution in [2.24, 2.45) is 0 Å². The van der Waals surface area contributed by atoms with Crippen molar-refractivity contribution in [1.29, 1.82) is 0 Å². The summed E-state index contributed by atoms with van der Waals surface area (Å²) in [6, 6.07) is 6.10. The topological polar surface area (TPSA) is 44.8 Å². The second-order valence-corrected chi connectivity index (χ2v) is 5.00. The highest BCUT2D eigenvalue weighted by molar-refractivity contribution is 6.34. The van der Waals surface area contributed by atoms with Crippen molar-refractivity contribution in [3.63, 3.8) is 0 Å². The van der Waals surface area contributed by atoms with Crippen molar-refractivity contribution < 1.29 is 0 Å². The molecule has 18 heavy (non-hydrogen) atoms. The summed E-state index contributed by atoms with van der Waals surface area (Å²) in [4.78, 5) is 2.44. The second kappa shape index (κ2) is 5.08. The van der Waals surface area contributed by atoms with E-state index in [-0.39, 0.29) is 0 Å². The summed E-state index contributed by atoms with van der Waals surface area (Å²) in [5, 5.41) is 11.3. The van der Waals surface area contributed by atoms with Crippen molar-refractivity contribution in [2.75, 3.05) is 13.1 Å². The molecule has 0 amide bonds. The molecule has 0 radical (unpaired) electrons. The normalized spacial score (nSPS) is 16.3. The molecule has 0 bridgehead atoms. The van der Waals surface area contributed by atoms with E-state index in [1.807, 2.05) is 12.1 Å². The van der Waals surface area contributed by atoms with Crippen LogP contribution in [0.2, 0.25) is 5.02 Å². The summed E-state index contributed by atoms with van der Waals surface area (Å²) in [6.07, 6.45) is 4.28. The lowest BCUT2D eigenvalue weighted by Gasteiger charge is -2.16. The van der Waals surface area contributed by atoms with Crippen LogP contribution in [0.1, 0.15) is 18.4 Å². The average molecular weight is 263 g/mol. The van der Waals surface area contributed by atoms with Crippen molar-refractivity contribution in [3.05, 3.63) is 35.0 Å². The van der Waals surface area contributed by atoms with Gasteiger partial charge in [0.2, 0.25) is 0 Å². The minimum Gasteiger partial charge on any atom is -0.299 e. The van der Waals surface area contributed by atoms with Crippen molar-refractivity contribution in [3.8, 4) is 11.3 Å². The molecule has 1 saturated heterocycles. The van der Waals surface area contributed by atoms with Gasteiger partial charge in [-0.15, -0.1) is 0 Å². The molecule has 2 heterocycles. The highest BCUT2D eigenvalue weighted by Gasteiger charge is 2.15. The summed E-state index contributed by atoms with van der Waals surface area (Å²) in [5.41, 5.74) is 2.91. The number of nitrogens with one attached hydrogen (secondary N) is 1. The quantitative estimate of drug-likeness (QED) is 0.925. The molecular weight excluding hydrogens is 248 g/mol. The van der Waals surface area contributed by atoms with E-state index in [2.05, 4.69) is 26.4 Å². The predicted octanol–water partition coefficient (Wildman–Crippen LogP) is 2.72. The number of nitrogens with zero attached hydrogens (tertiary/aromatic N) is 3. The molecule has 0 atom stereocenters. The monoisotopic (exact) mass is 262 g/mol. The zero-order valence-electron chi connectivity index (χ0n) is 10.1. The Morgan fingerprint density at radius 2 is 2.11 bits per heavy atom. The lowest BCUT2D eigenvalue weighted by atomic mass is 10.1. The first-order valence-corrected chi connectivity index (χ1v) is 6.58. The number of likely N-dealkylation sites (tertiary alicyclic amines) is 1. The highest BCUT2D eigenvalue weighted by Crippen LogP contribution is 2.30. The van der Waals surface area contributed by atoms with Gasteiger partial charge < -0.3 is 0 Å². The molecule has 94 valence electrons. The Kier molecular flexibility index (Phi) is 3.30. The molecule has 2 aromatic rings. The van der Waals surface area contributed by atoms with Crippen LogP contribution in [-0.2, 0) is 6.54 Å². The van der Waals surface area contributed by atoms with Crippen LogP contribution in [0, 0.1) is 0 Å². The SMILES string of the molecule is Clc1c(CN2CCCC2)cccc1-c1cn[nH]n1. The largest absolute Gasteiger partial charge is 0.299 e. The van der Waals surface area contributed by atoms with E-state index in [1.54, 1.807) is 6.20 Å². The standard InChI is InChI=1S/C13H15ClN4/c14-13-10(9-18-6-1-2-7-18)4-3-5-11(13)12-8-15-17-16-12/h3-5,8H,1-2,6-7,9H2,(H,15,16,17). The fraction of sp³-hybridized carbons (Fsp3) is 0.385. The summed E-state index contributed by atoms with van der Waals surface area (Å²) < 4.78 is 0. The van der Waals surface area contributed by atoms with E-state index in [9.17, 15) is 0 Å². The fourth-order valence-corrected chi connectivity index (χ4v) is 2.70. The number of hydrogen-bond donors (Lipinski definition) is 1. The molecule has 0 spiro atoms. The van der Waals surface area contributed by atoms with E-state index in [1.165, 1.54) is 31.5 Å². The summed E-state index contributed by atoms with van der Waals surface area (Å²) >= 11 is 6.47. The van der Waals surface area contributed by atoms with Gasteiger partial charge >= 0.3 is 0 Å². The van der Waals surface area contributed by atoms with Crippen LogP contribution in [0.5, 0.6) is 0 Å². The maximum atomic E-state index is 6.47. The Morgan fingerprint density at radius 1 is 1.28 bits per heavy atom. The Bertz CT molecular complexity index is 518. The van der Waals surface area contributed by atoms with Gasteiger partial charge in [0.1, 0.15) is 5.69 Å². The molecule has 1 aliphatic rings. The third-order valence-electron chi connectivity index (χ3n) is 3.36. The van der Waals surface area contributed by atoms with Crippen LogP contribution >= 0.6 is 11.6 Å². The van der Waals surface area contributed by atoms with Crippen LogP contribution in [0.3, 0.4) is 0 Å². The summed E-state index contributed by atoms with van der Waals surface area (Å²) in [5.74, 6) is 0. The number of halogens is 1. The average Bonchev–Trinajstić information content (AvgIpc) is 3.04. The van der Waals surface area contributed by atoms with E-state index >= 15 is 0 Å².